The van der Waals surface area contributed by atoms with Gasteiger partial charge in [0.15, 0.2) is 11.6 Å². The van der Waals surface area contributed by atoms with Crippen molar-refractivity contribution < 1.29 is 14.4 Å². The fraction of sp³-hybridized carbons (Fsp3) is 0.682. The van der Waals surface area contributed by atoms with Gasteiger partial charge in [0.25, 0.3) is 0 Å². The molecule has 1 atom stereocenters. The molecule has 3 nitrogen and oxygen atoms in total. The number of allylic oxidation sites excluding steroid dienone is 18. The number of hydrogen-bond acceptors (Lipinski definition) is 3. The molecule has 0 heterocycles. The summed E-state index contributed by atoms with van der Waals surface area (Å²) in [6.07, 6.45) is 90.2. The second-order valence-electron chi connectivity index (χ2n) is 20.0. The topological polar surface area (TPSA) is 51.2 Å². The van der Waals surface area contributed by atoms with Gasteiger partial charge in [-0.15, -0.1) is 0 Å². The van der Waals surface area contributed by atoms with E-state index >= 15 is 0 Å². The average Bonchev–Trinajstić information content (AvgIpc) is 3.35. The van der Waals surface area contributed by atoms with Crippen LogP contribution in [0.25, 0.3) is 0 Å². The molecule has 69 heavy (non-hydrogen) atoms. The molecule has 3 heteroatoms. The summed E-state index contributed by atoms with van der Waals surface area (Å²) in [5.41, 5.74) is 0. The van der Waals surface area contributed by atoms with Crippen LogP contribution in [0.3, 0.4) is 0 Å². The second kappa shape index (κ2) is 59.0. The van der Waals surface area contributed by atoms with E-state index in [1.54, 1.807) is 18.2 Å². The van der Waals surface area contributed by atoms with E-state index in [4.69, 9.17) is 0 Å². The van der Waals surface area contributed by atoms with E-state index in [1.807, 2.05) is 54.7 Å². The van der Waals surface area contributed by atoms with Crippen LogP contribution in [0.5, 0.6) is 0 Å². The van der Waals surface area contributed by atoms with Crippen molar-refractivity contribution in [3.63, 3.8) is 0 Å². The van der Waals surface area contributed by atoms with Gasteiger partial charge in [-0.3, -0.25) is 9.59 Å². The first kappa shape index (κ1) is 65.7. The van der Waals surface area contributed by atoms with Gasteiger partial charge in [0.1, 0.15) is 6.29 Å². The Bertz CT molecular complexity index is 1380. The number of rotatable bonds is 54. The third-order valence-electron chi connectivity index (χ3n) is 13.3. The minimum atomic E-state index is -0.507. The van der Waals surface area contributed by atoms with E-state index in [0.717, 1.165) is 38.4 Å². The summed E-state index contributed by atoms with van der Waals surface area (Å²) < 4.78 is 0. The summed E-state index contributed by atoms with van der Waals surface area (Å²) in [4.78, 5) is 36.2. The maximum absolute atomic E-state index is 12.5. The van der Waals surface area contributed by atoms with Gasteiger partial charge in [0.2, 0.25) is 0 Å². The first-order valence-electron chi connectivity index (χ1n) is 29.7. The summed E-state index contributed by atoms with van der Waals surface area (Å²) in [5, 5.41) is 0. The predicted octanol–water partition coefficient (Wildman–Crippen LogP) is 21.4. The van der Waals surface area contributed by atoms with Gasteiger partial charge in [0.05, 0.1) is 5.92 Å². The van der Waals surface area contributed by atoms with Crippen LogP contribution < -0.4 is 0 Å². The van der Waals surface area contributed by atoms with E-state index in [0.29, 0.717) is 12.8 Å². The molecule has 0 amide bonds. The standard InChI is InChI=1S/C66H110O3/c1-3-5-7-9-11-13-15-17-19-21-23-28-32-36-40-44-48-52-56-60-65(68)61-57-53-49-45-41-37-33-29-26-25-27-31-35-39-43-47-51-55-59-64(63-67)66(69)62-58-54-50-46-42-38-34-30-24-22-20-18-16-14-12-10-8-6-4-2/h23,28,32,34,36,38,40,42,44,46,48,50,52,54,56,58,60,62-64H,3-22,24-27,29-31,33,35,37,39,41,43,45,47,49,51,53,55,57,59,61H2,1-2H3. The molecule has 0 rings (SSSR count). The molecule has 0 bridgehead atoms. The van der Waals surface area contributed by atoms with Crippen molar-refractivity contribution in [2.45, 2.75) is 284 Å². The second-order valence-corrected chi connectivity index (χ2v) is 20.0. The van der Waals surface area contributed by atoms with Crippen molar-refractivity contribution in [1.82, 2.24) is 0 Å². The number of hydrogen-bond donors (Lipinski definition) is 0. The largest absolute Gasteiger partial charge is 0.303 e. The molecule has 0 radical (unpaired) electrons. The highest BCUT2D eigenvalue weighted by atomic mass is 16.1. The Morgan fingerprint density at radius 1 is 0.304 bits per heavy atom. The van der Waals surface area contributed by atoms with Crippen molar-refractivity contribution in [3.8, 4) is 0 Å². The molecular weight excluding hydrogens is 841 g/mol. The first-order valence-corrected chi connectivity index (χ1v) is 29.7. The smallest absolute Gasteiger partial charge is 0.165 e. The highest BCUT2D eigenvalue weighted by Gasteiger charge is 2.14. The number of carbonyl (C=O) groups excluding carboxylic acids is 3. The van der Waals surface area contributed by atoms with Crippen molar-refractivity contribution in [2.24, 2.45) is 5.92 Å². The molecule has 0 aromatic carbocycles. The Kier molecular flexibility index (Phi) is 56.1. The van der Waals surface area contributed by atoms with Crippen LogP contribution in [0, 0.1) is 5.92 Å². The Morgan fingerprint density at radius 3 is 0.928 bits per heavy atom. The molecule has 0 aromatic heterocycles. The molecule has 392 valence electrons. The summed E-state index contributed by atoms with van der Waals surface area (Å²) in [6, 6.07) is 0. The van der Waals surface area contributed by atoms with Gasteiger partial charge in [-0.2, -0.15) is 0 Å². The molecule has 0 saturated carbocycles. The Labute approximate surface area is 429 Å². The van der Waals surface area contributed by atoms with Crippen LogP contribution in [-0.4, -0.2) is 17.9 Å². The maximum Gasteiger partial charge on any atom is 0.165 e. The van der Waals surface area contributed by atoms with Crippen LogP contribution in [0.1, 0.15) is 284 Å². The molecule has 0 aliphatic heterocycles. The fourth-order valence-corrected chi connectivity index (χ4v) is 8.78. The van der Waals surface area contributed by atoms with Crippen LogP contribution in [0.2, 0.25) is 0 Å². The molecule has 0 saturated heterocycles. The molecule has 0 fully saturated rings. The van der Waals surface area contributed by atoms with Crippen LogP contribution in [-0.2, 0) is 14.4 Å². The van der Waals surface area contributed by atoms with Gasteiger partial charge in [-0.1, -0.05) is 336 Å². The first-order chi connectivity index (χ1) is 34.2. The molecule has 0 aliphatic carbocycles. The lowest BCUT2D eigenvalue weighted by Gasteiger charge is -2.06. The summed E-state index contributed by atoms with van der Waals surface area (Å²) in [7, 11) is 0. The zero-order valence-corrected chi connectivity index (χ0v) is 45.5. The minimum absolute atomic E-state index is 0.0786. The molecule has 0 aliphatic rings. The van der Waals surface area contributed by atoms with Crippen LogP contribution >= 0.6 is 0 Å². The van der Waals surface area contributed by atoms with E-state index < -0.39 is 5.92 Å². The normalized spacial score (nSPS) is 13.1. The summed E-state index contributed by atoms with van der Waals surface area (Å²) in [6.45, 7) is 4.56. The van der Waals surface area contributed by atoms with E-state index in [1.165, 1.54) is 225 Å². The van der Waals surface area contributed by atoms with E-state index in [2.05, 4.69) is 50.3 Å². The molecule has 0 aromatic rings. The van der Waals surface area contributed by atoms with Crippen molar-refractivity contribution in [1.29, 1.82) is 0 Å². The Morgan fingerprint density at radius 2 is 0.580 bits per heavy atom. The van der Waals surface area contributed by atoms with Crippen LogP contribution in [0.4, 0.5) is 0 Å². The average molecular weight is 952 g/mol. The van der Waals surface area contributed by atoms with Gasteiger partial charge >= 0.3 is 0 Å². The summed E-state index contributed by atoms with van der Waals surface area (Å²) >= 11 is 0. The van der Waals surface area contributed by atoms with Crippen LogP contribution in [0.15, 0.2) is 109 Å². The molecule has 1 unspecified atom stereocenters. The minimum Gasteiger partial charge on any atom is -0.303 e. The van der Waals surface area contributed by atoms with Gasteiger partial charge in [0, 0.05) is 6.42 Å². The van der Waals surface area contributed by atoms with Crippen molar-refractivity contribution in [3.05, 3.63) is 109 Å². The van der Waals surface area contributed by atoms with Crippen molar-refractivity contribution >= 4 is 17.9 Å². The quantitative estimate of drug-likeness (QED) is 0.0201. The Balaban J connectivity index is 3.58. The Hall–Kier alpha value is -3.33. The van der Waals surface area contributed by atoms with Crippen molar-refractivity contribution in [2.75, 3.05) is 0 Å². The third-order valence-corrected chi connectivity index (χ3v) is 13.3. The van der Waals surface area contributed by atoms with Gasteiger partial charge in [-0.05, 0) is 50.7 Å². The van der Waals surface area contributed by atoms with E-state index in [9.17, 15) is 14.4 Å². The van der Waals surface area contributed by atoms with Gasteiger partial charge < -0.3 is 4.79 Å². The lowest BCUT2D eigenvalue weighted by Crippen LogP contribution is -2.13. The number of aldehydes is 1. The fourth-order valence-electron chi connectivity index (χ4n) is 8.78. The molecular formula is C66H110O3. The highest BCUT2D eigenvalue weighted by molar-refractivity contribution is 6.00. The highest BCUT2D eigenvalue weighted by Crippen LogP contribution is 2.17. The molecule has 0 spiro atoms. The number of unbranched alkanes of at least 4 members (excludes halogenated alkanes) is 37. The summed E-state index contributed by atoms with van der Waals surface area (Å²) in [5.74, 6) is -0.354. The number of ketones is 2. The zero-order valence-electron chi connectivity index (χ0n) is 45.5. The lowest BCUT2D eigenvalue weighted by atomic mass is 9.97. The predicted molar refractivity (Wildman–Crippen MR) is 307 cm³/mol. The SMILES string of the molecule is CCCCCCCCCCCC=CC=CC=CC=CC=CC(=O)CCCCCCCCCCCCCCCCCCCCC(C=O)C(=O)C=CC=CC=CC=CCCCCCCCCCCCCC. The van der Waals surface area contributed by atoms with Gasteiger partial charge in [-0.25, -0.2) is 0 Å². The number of carbonyl (C=O) groups is 3. The zero-order chi connectivity index (χ0) is 49.9. The monoisotopic (exact) mass is 951 g/mol. The van der Waals surface area contributed by atoms with E-state index in [-0.39, 0.29) is 11.6 Å². The molecule has 0 N–H and O–H groups in total. The maximum atomic E-state index is 12.5. The third kappa shape index (κ3) is 55.5. The lowest BCUT2D eigenvalue weighted by molar-refractivity contribution is -0.124.